The average molecular weight is 325 g/mol. The lowest BCUT2D eigenvalue weighted by Gasteiger charge is -2.16. The van der Waals surface area contributed by atoms with Crippen molar-refractivity contribution in [2.75, 3.05) is 5.32 Å². The van der Waals surface area contributed by atoms with Gasteiger partial charge >= 0.3 is 0 Å². The normalized spacial score (nSPS) is 15.6. The topological polar surface area (TPSA) is 44.9 Å². The van der Waals surface area contributed by atoms with Crippen LogP contribution in [0.25, 0.3) is 10.9 Å². The number of benzene rings is 2. The Balaban J connectivity index is 1.68. The van der Waals surface area contributed by atoms with Crippen molar-refractivity contribution in [1.29, 1.82) is 0 Å². The van der Waals surface area contributed by atoms with Crippen molar-refractivity contribution in [1.82, 2.24) is 4.98 Å². The van der Waals surface area contributed by atoms with Gasteiger partial charge in [0.15, 0.2) is 0 Å². The van der Waals surface area contributed by atoms with Gasteiger partial charge in [0.25, 0.3) is 0 Å². The Morgan fingerprint density at radius 2 is 2.00 bits per heavy atom. The first-order valence-corrected chi connectivity index (χ1v) is 8.12. The van der Waals surface area contributed by atoms with Crippen LogP contribution < -0.4 is 5.32 Å². The van der Waals surface area contributed by atoms with E-state index < -0.39 is 5.41 Å². The van der Waals surface area contributed by atoms with E-state index in [1.165, 1.54) is 0 Å². The van der Waals surface area contributed by atoms with Crippen LogP contribution in [0, 0.1) is 6.92 Å². The fourth-order valence-corrected chi connectivity index (χ4v) is 3.45. The first-order chi connectivity index (χ1) is 11.1. The van der Waals surface area contributed by atoms with E-state index in [-0.39, 0.29) is 5.91 Å². The standard InChI is InChI=1S/C19H17ClN2O/c1-12-10-13(20)6-7-16(12)22-18(23)19(8-9-19)15-11-21-17-5-3-2-4-14(15)17/h2-7,10-11,21H,8-9H2,1H3,(H,22,23). The number of hydrogen-bond acceptors (Lipinski definition) is 1. The van der Waals surface area contributed by atoms with Gasteiger partial charge in [0, 0.05) is 27.8 Å². The molecule has 4 heteroatoms. The summed E-state index contributed by atoms with van der Waals surface area (Å²) in [6.45, 7) is 1.95. The number of halogens is 1. The van der Waals surface area contributed by atoms with Crippen molar-refractivity contribution in [3.8, 4) is 0 Å². The van der Waals surface area contributed by atoms with E-state index in [0.717, 1.165) is 40.6 Å². The van der Waals surface area contributed by atoms with E-state index >= 15 is 0 Å². The lowest BCUT2D eigenvalue weighted by molar-refractivity contribution is -0.118. The van der Waals surface area contributed by atoms with Gasteiger partial charge in [0.1, 0.15) is 0 Å². The van der Waals surface area contributed by atoms with E-state index in [2.05, 4.69) is 16.4 Å². The summed E-state index contributed by atoms with van der Waals surface area (Å²) >= 11 is 5.99. The van der Waals surface area contributed by atoms with Gasteiger partial charge < -0.3 is 10.3 Å². The maximum atomic E-state index is 12.9. The van der Waals surface area contributed by atoms with Crippen molar-refractivity contribution in [3.05, 3.63) is 64.8 Å². The summed E-state index contributed by atoms with van der Waals surface area (Å²) in [6.07, 6.45) is 3.74. The first kappa shape index (κ1) is 14.3. The lowest BCUT2D eigenvalue weighted by Crippen LogP contribution is -2.27. The zero-order chi connectivity index (χ0) is 16.0. The molecule has 1 aromatic heterocycles. The average Bonchev–Trinajstić information content (AvgIpc) is 3.23. The van der Waals surface area contributed by atoms with Gasteiger partial charge in [-0.05, 0) is 55.2 Å². The highest BCUT2D eigenvalue weighted by atomic mass is 35.5. The number of rotatable bonds is 3. The summed E-state index contributed by atoms with van der Waals surface area (Å²) in [5.74, 6) is 0.0627. The Labute approximate surface area is 139 Å². The number of aromatic amines is 1. The number of para-hydroxylation sites is 1. The molecule has 1 fully saturated rings. The van der Waals surface area contributed by atoms with Crippen molar-refractivity contribution >= 4 is 34.1 Å². The van der Waals surface area contributed by atoms with Crippen LogP contribution in [0.5, 0.6) is 0 Å². The molecule has 0 spiro atoms. The second-order valence-electron chi connectivity index (χ2n) is 6.24. The van der Waals surface area contributed by atoms with Crippen LogP contribution in [0.1, 0.15) is 24.0 Å². The van der Waals surface area contributed by atoms with Crippen molar-refractivity contribution in [2.24, 2.45) is 0 Å². The van der Waals surface area contributed by atoms with Gasteiger partial charge in [-0.15, -0.1) is 0 Å². The Morgan fingerprint density at radius 3 is 2.74 bits per heavy atom. The quantitative estimate of drug-likeness (QED) is 0.714. The Morgan fingerprint density at radius 1 is 1.22 bits per heavy atom. The number of aryl methyl sites for hydroxylation is 1. The number of anilines is 1. The molecule has 2 N–H and O–H groups in total. The molecule has 1 amide bonds. The molecule has 1 saturated carbocycles. The molecule has 0 bridgehead atoms. The molecule has 4 rings (SSSR count). The molecular weight excluding hydrogens is 308 g/mol. The molecular formula is C19H17ClN2O. The van der Waals surface area contributed by atoms with Gasteiger partial charge in [-0.3, -0.25) is 4.79 Å². The van der Waals surface area contributed by atoms with Crippen LogP contribution in [0.2, 0.25) is 5.02 Å². The zero-order valence-corrected chi connectivity index (χ0v) is 13.6. The summed E-state index contributed by atoms with van der Waals surface area (Å²) in [5, 5.41) is 4.89. The number of carbonyl (C=O) groups is 1. The fraction of sp³-hybridized carbons (Fsp3) is 0.211. The largest absolute Gasteiger partial charge is 0.361 e. The van der Waals surface area contributed by atoms with Gasteiger partial charge in [0.05, 0.1) is 5.41 Å². The Kier molecular flexibility index (Phi) is 3.20. The molecule has 0 saturated heterocycles. The summed E-state index contributed by atoms with van der Waals surface area (Å²) in [6, 6.07) is 13.6. The summed E-state index contributed by atoms with van der Waals surface area (Å²) in [4.78, 5) is 16.2. The first-order valence-electron chi connectivity index (χ1n) is 7.74. The minimum Gasteiger partial charge on any atom is -0.361 e. The maximum Gasteiger partial charge on any atom is 0.235 e. The number of hydrogen-bond donors (Lipinski definition) is 2. The van der Waals surface area contributed by atoms with Crippen molar-refractivity contribution in [2.45, 2.75) is 25.2 Å². The van der Waals surface area contributed by atoms with Crippen molar-refractivity contribution in [3.63, 3.8) is 0 Å². The SMILES string of the molecule is Cc1cc(Cl)ccc1NC(=O)C1(c2c[nH]c3ccccc23)CC1. The van der Waals surface area contributed by atoms with Crippen molar-refractivity contribution < 1.29 is 4.79 Å². The van der Waals surface area contributed by atoms with E-state index in [4.69, 9.17) is 11.6 Å². The lowest BCUT2D eigenvalue weighted by atomic mass is 9.94. The number of carbonyl (C=O) groups excluding carboxylic acids is 1. The molecule has 0 radical (unpaired) electrons. The highest BCUT2D eigenvalue weighted by molar-refractivity contribution is 6.30. The van der Waals surface area contributed by atoms with Crippen LogP contribution in [0.4, 0.5) is 5.69 Å². The molecule has 3 aromatic rings. The minimum atomic E-state index is -0.411. The van der Waals surface area contributed by atoms with Gasteiger partial charge in [-0.25, -0.2) is 0 Å². The summed E-state index contributed by atoms with van der Waals surface area (Å²) in [5.41, 5.74) is 3.55. The van der Waals surface area contributed by atoms with Gasteiger partial charge in [0.2, 0.25) is 5.91 Å². The molecule has 1 aliphatic carbocycles. The van der Waals surface area contributed by atoms with Crippen LogP contribution in [0.15, 0.2) is 48.7 Å². The predicted octanol–water partition coefficient (Wildman–Crippen LogP) is 4.80. The molecule has 1 heterocycles. The van der Waals surface area contributed by atoms with Crippen LogP contribution in [-0.2, 0) is 10.2 Å². The second-order valence-corrected chi connectivity index (χ2v) is 6.68. The highest BCUT2D eigenvalue weighted by Gasteiger charge is 2.52. The summed E-state index contributed by atoms with van der Waals surface area (Å²) in [7, 11) is 0. The van der Waals surface area contributed by atoms with Crippen LogP contribution in [-0.4, -0.2) is 10.9 Å². The minimum absolute atomic E-state index is 0.0627. The third kappa shape index (κ3) is 2.32. The molecule has 0 unspecified atom stereocenters. The smallest absolute Gasteiger partial charge is 0.235 e. The summed E-state index contributed by atoms with van der Waals surface area (Å²) < 4.78 is 0. The molecule has 23 heavy (non-hydrogen) atoms. The third-order valence-electron chi connectivity index (χ3n) is 4.73. The highest BCUT2D eigenvalue weighted by Crippen LogP contribution is 2.51. The van der Waals surface area contributed by atoms with Crippen LogP contribution >= 0.6 is 11.6 Å². The van der Waals surface area contributed by atoms with E-state index in [1.54, 1.807) is 6.07 Å². The molecule has 2 aromatic carbocycles. The van der Waals surface area contributed by atoms with Gasteiger partial charge in [-0.1, -0.05) is 29.8 Å². The number of aromatic nitrogens is 1. The van der Waals surface area contributed by atoms with E-state index in [1.807, 2.05) is 43.5 Å². The zero-order valence-electron chi connectivity index (χ0n) is 12.8. The molecule has 1 aliphatic rings. The monoisotopic (exact) mass is 324 g/mol. The number of nitrogens with one attached hydrogen (secondary N) is 2. The molecule has 3 nitrogen and oxygen atoms in total. The fourth-order valence-electron chi connectivity index (χ4n) is 3.22. The third-order valence-corrected chi connectivity index (χ3v) is 4.96. The Hall–Kier alpha value is -2.26. The molecule has 116 valence electrons. The maximum absolute atomic E-state index is 12.9. The second kappa shape index (κ2) is 5.14. The van der Waals surface area contributed by atoms with E-state index in [9.17, 15) is 4.79 Å². The molecule has 0 aliphatic heterocycles. The van der Waals surface area contributed by atoms with Gasteiger partial charge in [-0.2, -0.15) is 0 Å². The van der Waals surface area contributed by atoms with E-state index in [0.29, 0.717) is 5.02 Å². The number of amides is 1. The number of fused-ring (bicyclic) bond motifs is 1. The van der Waals surface area contributed by atoms with Crippen LogP contribution in [0.3, 0.4) is 0 Å². The Bertz CT molecular complexity index is 909. The molecule has 0 atom stereocenters. The number of H-pyrrole nitrogens is 1. The predicted molar refractivity (Wildman–Crippen MR) is 94.0 cm³/mol.